The van der Waals surface area contributed by atoms with Crippen LogP contribution in [-0.4, -0.2) is 41.2 Å². The van der Waals surface area contributed by atoms with E-state index in [1.165, 1.54) is 11.1 Å². The highest BCUT2D eigenvalue weighted by Gasteiger charge is 2.36. The van der Waals surface area contributed by atoms with Gasteiger partial charge in [0, 0.05) is 24.9 Å². The van der Waals surface area contributed by atoms with E-state index in [1.807, 2.05) is 0 Å². The number of ether oxygens (including phenoxy) is 3. The Kier molecular flexibility index (Phi) is 14.2. The van der Waals surface area contributed by atoms with Gasteiger partial charge in [-0.15, -0.1) is 0 Å². The fourth-order valence-electron chi connectivity index (χ4n) is 6.40. The maximum atomic E-state index is 14.1. The summed E-state index contributed by atoms with van der Waals surface area (Å²) in [6.07, 6.45) is 8.52. The highest BCUT2D eigenvalue weighted by molar-refractivity contribution is 6.70. The monoisotopic (exact) mass is 730 g/mol. The molecule has 0 radical (unpaired) electrons. The average Bonchev–Trinajstić information content (AvgIpc) is 2.99. The van der Waals surface area contributed by atoms with Gasteiger partial charge in [-0.2, -0.15) is 0 Å². The van der Waals surface area contributed by atoms with Crippen molar-refractivity contribution in [1.29, 1.82) is 0 Å². The molecule has 0 saturated heterocycles. The lowest BCUT2D eigenvalue weighted by Crippen LogP contribution is -2.33. The quantitative estimate of drug-likeness (QED) is 0.110. The fourth-order valence-corrected chi connectivity index (χ4v) is 7.23. The van der Waals surface area contributed by atoms with Crippen LogP contribution in [0.15, 0.2) is 65.3 Å². The van der Waals surface area contributed by atoms with Gasteiger partial charge in [-0.3, -0.25) is 4.79 Å². The molecule has 1 aliphatic rings. The van der Waals surface area contributed by atoms with E-state index in [2.05, 4.69) is 151 Å². The van der Waals surface area contributed by atoms with Gasteiger partial charge < -0.3 is 18.6 Å². The van der Waals surface area contributed by atoms with Crippen molar-refractivity contribution < 1.29 is 23.4 Å². The molecular formula is C46H70O5Si. The van der Waals surface area contributed by atoms with Gasteiger partial charge in [0.1, 0.15) is 18.3 Å². The minimum Gasteiger partial charge on any atom is -0.544 e. The fraction of sp³-hybridized carbons (Fsp3) is 0.587. The molecule has 0 heterocycles. The molecule has 288 valence electrons. The largest absolute Gasteiger partial charge is 0.544 e. The Morgan fingerprint density at radius 3 is 1.54 bits per heavy atom. The molecule has 0 bridgehead atoms. The Labute approximate surface area is 318 Å². The van der Waals surface area contributed by atoms with Crippen LogP contribution < -0.4 is 9.16 Å². The van der Waals surface area contributed by atoms with Gasteiger partial charge in [-0.05, 0) is 130 Å². The molecule has 52 heavy (non-hydrogen) atoms. The second kappa shape index (κ2) is 17.0. The summed E-state index contributed by atoms with van der Waals surface area (Å²) < 4.78 is 23.5. The van der Waals surface area contributed by atoms with Crippen molar-refractivity contribution in [3.8, 4) is 11.5 Å². The van der Waals surface area contributed by atoms with Gasteiger partial charge in [0.05, 0.1) is 6.61 Å². The van der Waals surface area contributed by atoms with Gasteiger partial charge in [-0.1, -0.05) is 102 Å². The van der Waals surface area contributed by atoms with Crippen molar-refractivity contribution in [3.63, 3.8) is 0 Å². The number of hydrogen-bond acceptors (Lipinski definition) is 5. The minimum absolute atomic E-state index is 0.138. The Morgan fingerprint density at radius 2 is 1.12 bits per heavy atom. The predicted molar refractivity (Wildman–Crippen MR) is 222 cm³/mol. The number of carbonyl (C=O) groups excluding carboxylic acids is 1. The van der Waals surface area contributed by atoms with E-state index in [1.54, 1.807) is 7.11 Å². The summed E-state index contributed by atoms with van der Waals surface area (Å²) >= 11 is 0. The van der Waals surface area contributed by atoms with Crippen LogP contribution in [0, 0.1) is 10.8 Å². The molecule has 0 saturated carbocycles. The molecular weight excluding hydrogens is 661 g/mol. The maximum Gasteiger partial charge on any atom is 0.242 e. The smallest absolute Gasteiger partial charge is 0.242 e. The molecule has 6 heteroatoms. The van der Waals surface area contributed by atoms with E-state index in [-0.39, 0.29) is 27.4 Å². The third-order valence-electron chi connectivity index (χ3n) is 9.19. The lowest BCUT2D eigenvalue weighted by molar-refractivity contribution is -0.114. The maximum absolute atomic E-state index is 14.1. The van der Waals surface area contributed by atoms with Crippen LogP contribution in [0.3, 0.4) is 0 Å². The zero-order valence-electron chi connectivity index (χ0n) is 35.6. The first kappa shape index (κ1) is 43.5. The van der Waals surface area contributed by atoms with Crippen molar-refractivity contribution in [1.82, 2.24) is 0 Å². The molecule has 5 nitrogen and oxygen atoms in total. The van der Waals surface area contributed by atoms with E-state index in [4.69, 9.17) is 18.6 Å². The van der Waals surface area contributed by atoms with E-state index >= 15 is 0 Å². The number of benzene rings is 2. The van der Waals surface area contributed by atoms with Gasteiger partial charge in [0.15, 0.2) is 5.78 Å². The molecule has 2 aromatic carbocycles. The molecule has 0 atom stereocenters. The molecule has 0 amide bonds. The highest BCUT2D eigenvalue weighted by atomic mass is 28.4. The molecule has 0 unspecified atom stereocenters. The zero-order valence-corrected chi connectivity index (χ0v) is 36.6. The Bertz CT molecular complexity index is 1550. The predicted octanol–water partition coefficient (Wildman–Crippen LogP) is 12.4. The molecule has 3 rings (SSSR count). The molecule has 0 spiro atoms. The van der Waals surface area contributed by atoms with E-state index < -0.39 is 8.32 Å². The number of carbonyl (C=O) groups is 1. The second-order valence-corrected chi connectivity index (χ2v) is 23.9. The Morgan fingerprint density at radius 1 is 0.635 bits per heavy atom. The third-order valence-corrected chi connectivity index (χ3v) is 10.0. The number of methoxy groups -OCH3 is 1. The van der Waals surface area contributed by atoms with Crippen molar-refractivity contribution in [2.24, 2.45) is 10.8 Å². The van der Waals surface area contributed by atoms with Crippen LogP contribution in [0.5, 0.6) is 11.5 Å². The number of hydrogen-bond donors (Lipinski definition) is 0. The second-order valence-electron chi connectivity index (χ2n) is 19.5. The topological polar surface area (TPSA) is 54.0 Å². The first-order chi connectivity index (χ1) is 23.8. The van der Waals surface area contributed by atoms with Crippen molar-refractivity contribution in [2.75, 3.05) is 27.1 Å². The van der Waals surface area contributed by atoms with Crippen molar-refractivity contribution in [2.45, 2.75) is 139 Å². The highest BCUT2D eigenvalue weighted by Crippen LogP contribution is 2.46. The molecule has 0 fully saturated rings. The number of allylic oxidation sites excluding steroid dienone is 5. The Balaban J connectivity index is 2.26. The number of rotatable bonds is 14. The van der Waals surface area contributed by atoms with Crippen LogP contribution in [0.25, 0.3) is 5.57 Å². The van der Waals surface area contributed by atoms with Gasteiger partial charge >= 0.3 is 0 Å². The summed E-state index contributed by atoms with van der Waals surface area (Å²) in [5, 5.41) is 0. The first-order valence-corrected chi connectivity index (χ1v) is 22.7. The third kappa shape index (κ3) is 12.0. The van der Waals surface area contributed by atoms with Crippen LogP contribution in [0.1, 0.15) is 131 Å². The SMILES string of the molecule is COCOCCCCCCOc1ccc(C(=C2C=C(C(C)(C)C)C(=O)C(C(C)(C)C)=C2)c2cc(C(C)(C)C)c(O[Si](C)(C)C)c(C(C)(C)C)c2)cc1. The number of ketones is 1. The summed E-state index contributed by atoms with van der Waals surface area (Å²) in [6, 6.07) is 13.2. The summed E-state index contributed by atoms with van der Waals surface area (Å²) in [5.41, 5.74) is 7.45. The summed E-state index contributed by atoms with van der Waals surface area (Å²) in [6.45, 7) is 35.0. The first-order valence-electron chi connectivity index (χ1n) is 19.3. The summed E-state index contributed by atoms with van der Waals surface area (Å²) in [5.74, 6) is 2.02. The Hall–Kier alpha value is -2.93. The molecule has 1 aliphatic carbocycles. The molecule has 0 N–H and O–H groups in total. The van der Waals surface area contributed by atoms with Crippen LogP contribution in [-0.2, 0) is 25.1 Å². The number of unbranched alkanes of at least 4 members (excludes halogenated alkanes) is 3. The van der Waals surface area contributed by atoms with Crippen LogP contribution >= 0.6 is 0 Å². The van der Waals surface area contributed by atoms with Crippen LogP contribution in [0.2, 0.25) is 19.6 Å². The van der Waals surface area contributed by atoms with E-state index in [0.29, 0.717) is 13.4 Å². The van der Waals surface area contributed by atoms with Gasteiger partial charge in [0.25, 0.3) is 0 Å². The standard InChI is InChI=1S/C46H70O5Si/c1-43(2,3)36-27-33(28-37(41(36)47)44(4,5)6)40(32-21-23-35(24-22-32)50-26-20-18-17-19-25-49-31-48-13)34-29-38(45(7,8)9)42(51-52(14,15)16)39(30-34)46(10,11)12/h21-24,27-30H,17-20,25-26,31H2,1-16H3. The average molecular weight is 731 g/mol. The minimum atomic E-state index is -1.95. The van der Waals surface area contributed by atoms with Gasteiger partial charge in [0.2, 0.25) is 8.32 Å². The van der Waals surface area contributed by atoms with Crippen LogP contribution in [0.4, 0.5) is 0 Å². The molecule has 0 aliphatic heterocycles. The van der Waals surface area contributed by atoms with E-state index in [9.17, 15) is 4.79 Å². The molecule has 2 aromatic rings. The van der Waals surface area contributed by atoms with Crippen molar-refractivity contribution >= 4 is 19.7 Å². The lowest BCUT2D eigenvalue weighted by Gasteiger charge is -2.35. The normalized spacial score (nSPS) is 14.7. The zero-order chi connectivity index (χ0) is 39.3. The summed E-state index contributed by atoms with van der Waals surface area (Å²) in [7, 11) is -0.306. The summed E-state index contributed by atoms with van der Waals surface area (Å²) in [4.78, 5) is 14.1. The number of Topliss-reactive ketones (excluding diaryl/α,β-unsaturated/α-hetero) is 1. The van der Waals surface area contributed by atoms with Gasteiger partial charge in [-0.25, -0.2) is 0 Å². The lowest BCUT2D eigenvalue weighted by atomic mass is 9.70. The molecule has 0 aromatic heterocycles. The van der Waals surface area contributed by atoms with E-state index in [0.717, 1.165) is 77.2 Å². The van der Waals surface area contributed by atoms with Crippen molar-refractivity contribution in [3.05, 3.63) is 87.5 Å².